The fourth-order valence-electron chi connectivity index (χ4n) is 0.274. The Morgan fingerprint density at radius 1 is 1.70 bits per heavy atom. The number of nitrogens with zero attached hydrogens (tertiary/aromatic N) is 1. The lowest BCUT2D eigenvalue weighted by Gasteiger charge is -2.02. The lowest BCUT2D eigenvalue weighted by Crippen LogP contribution is -2.38. The van der Waals surface area contributed by atoms with Crippen LogP contribution in [-0.4, -0.2) is 26.2 Å². The molecule has 0 aromatic heterocycles. The Hall–Kier alpha value is -0.970. The molecule has 0 aliphatic carbocycles. The van der Waals surface area contributed by atoms with E-state index in [1.165, 1.54) is 7.11 Å². The lowest BCUT2D eigenvalue weighted by atomic mass is 10.9. The molecule has 0 aliphatic heterocycles. The number of carbonyl (C=O) groups excluding carboxylic acids is 1. The van der Waals surface area contributed by atoms with Crippen LogP contribution in [-0.2, 0) is 4.74 Å². The highest BCUT2D eigenvalue weighted by molar-refractivity contribution is 6.20. The van der Waals surface area contributed by atoms with E-state index in [9.17, 15) is 4.79 Å². The van der Waals surface area contributed by atoms with E-state index in [-0.39, 0.29) is 5.96 Å². The predicted molar refractivity (Wildman–Crippen MR) is 37.9 cm³/mol. The van der Waals surface area contributed by atoms with Crippen LogP contribution in [0.5, 0.6) is 0 Å². The second-order valence-electron chi connectivity index (χ2n) is 1.30. The van der Waals surface area contributed by atoms with Crippen molar-refractivity contribution >= 4 is 23.8 Å². The van der Waals surface area contributed by atoms with Gasteiger partial charge in [0.15, 0.2) is 0 Å². The largest absolute Gasteiger partial charge is 0.453 e. The smallest absolute Gasteiger partial charge is 0.413 e. The van der Waals surface area contributed by atoms with Gasteiger partial charge in [-0.05, 0) is 0 Å². The van der Waals surface area contributed by atoms with E-state index in [1.807, 2.05) is 0 Å². The molecule has 6 heteroatoms. The molecule has 0 rings (SSSR count). The molecule has 0 unspecified atom stereocenters. The van der Waals surface area contributed by atoms with E-state index in [2.05, 4.69) is 19.9 Å². The van der Waals surface area contributed by atoms with Gasteiger partial charge in [0.2, 0.25) is 5.96 Å². The molecule has 5 nitrogen and oxygen atoms in total. The second kappa shape index (κ2) is 4.87. The number of ether oxygens (including phenoxy) is 1. The van der Waals surface area contributed by atoms with Crippen LogP contribution in [0.25, 0.3) is 0 Å². The highest BCUT2D eigenvalue weighted by Gasteiger charge is 2.00. The molecule has 0 saturated heterocycles. The first-order chi connectivity index (χ1) is 4.74. The van der Waals surface area contributed by atoms with Gasteiger partial charge >= 0.3 is 6.09 Å². The molecule has 2 N–H and O–H groups in total. The zero-order valence-electron chi connectivity index (χ0n) is 5.64. The molecule has 0 saturated carbocycles. The minimum Gasteiger partial charge on any atom is -0.453 e. The first kappa shape index (κ1) is 9.03. The van der Waals surface area contributed by atoms with Crippen molar-refractivity contribution in [3.05, 3.63) is 0 Å². The van der Waals surface area contributed by atoms with Crippen molar-refractivity contribution in [2.75, 3.05) is 14.2 Å². The SMILES string of the molecule is CN/C(=N\Cl)NC(=O)OC. The van der Waals surface area contributed by atoms with Crippen molar-refractivity contribution in [3.63, 3.8) is 0 Å². The molecule has 10 heavy (non-hydrogen) atoms. The molecule has 0 aliphatic rings. The molecule has 0 atom stereocenters. The van der Waals surface area contributed by atoms with Gasteiger partial charge in [-0.25, -0.2) is 4.79 Å². The van der Waals surface area contributed by atoms with Gasteiger partial charge in [-0.1, -0.05) is 0 Å². The van der Waals surface area contributed by atoms with Gasteiger partial charge in [0.1, 0.15) is 0 Å². The summed E-state index contributed by atoms with van der Waals surface area (Å²) in [5.41, 5.74) is 0. The van der Waals surface area contributed by atoms with Gasteiger partial charge in [0, 0.05) is 18.8 Å². The monoisotopic (exact) mass is 165 g/mol. The zero-order chi connectivity index (χ0) is 7.98. The summed E-state index contributed by atoms with van der Waals surface area (Å²) in [6, 6.07) is 0. The third kappa shape index (κ3) is 3.13. The van der Waals surface area contributed by atoms with E-state index in [0.29, 0.717) is 0 Å². The number of hydrogen-bond donors (Lipinski definition) is 2. The van der Waals surface area contributed by atoms with E-state index < -0.39 is 6.09 Å². The maximum atomic E-state index is 10.4. The first-order valence-corrected chi connectivity index (χ1v) is 2.80. The molecule has 0 aromatic rings. The van der Waals surface area contributed by atoms with E-state index in [4.69, 9.17) is 11.8 Å². The van der Waals surface area contributed by atoms with Crippen molar-refractivity contribution in [1.82, 2.24) is 10.6 Å². The molecule has 0 aromatic carbocycles. The lowest BCUT2D eigenvalue weighted by molar-refractivity contribution is 0.176. The number of carbonyl (C=O) groups is 1. The molecule has 58 valence electrons. The van der Waals surface area contributed by atoms with Crippen LogP contribution in [0.2, 0.25) is 0 Å². The van der Waals surface area contributed by atoms with Gasteiger partial charge in [-0.2, -0.15) is 0 Å². The summed E-state index contributed by atoms with van der Waals surface area (Å²) >= 11 is 5.02. The first-order valence-electron chi connectivity index (χ1n) is 2.46. The Balaban J connectivity index is 3.76. The predicted octanol–water partition coefficient (Wildman–Crippen LogP) is 0.0716. The minimum atomic E-state index is -0.617. The van der Waals surface area contributed by atoms with E-state index in [0.717, 1.165) is 0 Å². The maximum Gasteiger partial charge on any atom is 0.413 e. The number of alkyl carbamates (subject to hydrolysis) is 1. The highest BCUT2D eigenvalue weighted by atomic mass is 35.5. The third-order valence-electron chi connectivity index (χ3n) is 0.727. The summed E-state index contributed by atoms with van der Waals surface area (Å²) in [5, 5.41) is 4.73. The van der Waals surface area contributed by atoms with Crippen LogP contribution in [0.4, 0.5) is 4.79 Å². The van der Waals surface area contributed by atoms with Gasteiger partial charge in [0.05, 0.1) is 7.11 Å². The average Bonchev–Trinajstić information content (AvgIpc) is 1.99. The molecule has 0 heterocycles. The molecule has 0 bridgehead atoms. The summed E-state index contributed by atoms with van der Waals surface area (Å²) in [6.45, 7) is 0. The van der Waals surface area contributed by atoms with Crippen LogP contribution in [0.1, 0.15) is 0 Å². The summed E-state index contributed by atoms with van der Waals surface area (Å²) in [6.07, 6.45) is -0.617. The Kier molecular flexibility index (Phi) is 4.39. The second-order valence-corrected chi connectivity index (χ2v) is 1.47. The summed E-state index contributed by atoms with van der Waals surface area (Å²) in [5.74, 6) is 0.147. The van der Waals surface area contributed by atoms with Crippen LogP contribution in [0.3, 0.4) is 0 Å². The van der Waals surface area contributed by atoms with Crippen molar-refractivity contribution in [2.24, 2.45) is 4.51 Å². The number of guanidine groups is 1. The Morgan fingerprint density at radius 3 is 2.60 bits per heavy atom. The standard InChI is InChI=1S/C4H8ClN3O2/c1-6-3(8-5)7-4(9)10-2/h1-2H3,(H2,6,7,8,9). The summed E-state index contributed by atoms with van der Waals surface area (Å²) in [7, 11) is 2.81. The van der Waals surface area contributed by atoms with E-state index >= 15 is 0 Å². The zero-order valence-corrected chi connectivity index (χ0v) is 6.40. The average molecular weight is 166 g/mol. The normalized spacial score (nSPS) is 10.5. The molecule has 1 amide bonds. The van der Waals surface area contributed by atoms with Crippen LogP contribution in [0.15, 0.2) is 4.51 Å². The van der Waals surface area contributed by atoms with Gasteiger partial charge in [-0.15, -0.1) is 4.51 Å². The molecule has 0 spiro atoms. The number of nitrogens with one attached hydrogen (secondary N) is 2. The van der Waals surface area contributed by atoms with Crippen molar-refractivity contribution in [1.29, 1.82) is 0 Å². The van der Waals surface area contributed by atoms with Crippen molar-refractivity contribution < 1.29 is 9.53 Å². The van der Waals surface area contributed by atoms with Gasteiger partial charge < -0.3 is 10.1 Å². The number of rotatable bonds is 0. The number of amides is 1. The fraction of sp³-hybridized carbons (Fsp3) is 0.500. The maximum absolute atomic E-state index is 10.4. The Bertz CT molecular complexity index is 147. The number of methoxy groups -OCH3 is 1. The quantitative estimate of drug-likeness (QED) is 0.395. The van der Waals surface area contributed by atoms with Crippen LogP contribution in [0, 0.1) is 0 Å². The van der Waals surface area contributed by atoms with Crippen molar-refractivity contribution in [2.45, 2.75) is 0 Å². The Labute approximate surface area is 63.5 Å². The van der Waals surface area contributed by atoms with Crippen LogP contribution >= 0.6 is 11.8 Å². The Morgan fingerprint density at radius 2 is 2.30 bits per heavy atom. The summed E-state index contributed by atoms with van der Waals surface area (Å²) < 4.78 is 7.42. The number of hydrogen-bond acceptors (Lipinski definition) is 3. The number of halogens is 1. The molecule has 0 radical (unpaired) electrons. The van der Waals surface area contributed by atoms with Gasteiger partial charge in [-0.3, -0.25) is 5.32 Å². The third-order valence-corrected chi connectivity index (χ3v) is 0.896. The topological polar surface area (TPSA) is 62.7 Å². The van der Waals surface area contributed by atoms with Crippen LogP contribution < -0.4 is 10.6 Å². The summed E-state index contributed by atoms with van der Waals surface area (Å²) in [4.78, 5) is 10.4. The van der Waals surface area contributed by atoms with E-state index in [1.54, 1.807) is 7.05 Å². The molecule has 0 fully saturated rings. The molecular formula is C4H8ClN3O2. The molecular weight excluding hydrogens is 158 g/mol. The van der Waals surface area contributed by atoms with Crippen molar-refractivity contribution in [3.8, 4) is 0 Å². The fourth-order valence-corrected chi connectivity index (χ4v) is 0.400. The highest BCUT2D eigenvalue weighted by Crippen LogP contribution is 1.76. The van der Waals surface area contributed by atoms with Gasteiger partial charge in [0.25, 0.3) is 0 Å². The minimum absolute atomic E-state index is 0.147.